The van der Waals surface area contributed by atoms with E-state index in [2.05, 4.69) is 4.98 Å². The lowest BCUT2D eigenvalue weighted by Crippen LogP contribution is -2.33. The van der Waals surface area contributed by atoms with Gasteiger partial charge in [0.15, 0.2) is 9.84 Å². The number of ether oxygens (including phenoxy) is 1. The molecule has 1 aromatic heterocycles. The fourth-order valence-corrected chi connectivity index (χ4v) is 3.20. The van der Waals surface area contributed by atoms with Crippen LogP contribution in [0.15, 0.2) is 23.2 Å². The van der Waals surface area contributed by atoms with E-state index in [0.29, 0.717) is 24.0 Å². The van der Waals surface area contributed by atoms with Crippen LogP contribution >= 0.6 is 0 Å². The Morgan fingerprint density at radius 2 is 2.12 bits per heavy atom. The van der Waals surface area contributed by atoms with Gasteiger partial charge in [0.05, 0.1) is 23.9 Å². The smallest absolute Gasteiger partial charge is 0.180 e. The third-order valence-electron chi connectivity index (χ3n) is 2.87. The van der Waals surface area contributed by atoms with Gasteiger partial charge in [-0.1, -0.05) is 13.8 Å². The van der Waals surface area contributed by atoms with Gasteiger partial charge in [-0.25, -0.2) is 8.42 Å². The second-order valence-electron chi connectivity index (χ2n) is 4.76. The summed E-state index contributed by atoms with van der Waals surface area (Å²) >= 11 is 0. The van der Waals surface area contributed by atoms with Crippen molar-refractivity contribution in [1.29, 1.82) is 0 Å². The summed E-state index contributed by atoms with van der Waals surface area (Å²) in [6.45, 7) is 5.16. The number of hydrogen-bond acceptors (Lipinski definition) is 4. The van der Waals surface area contributed by atoms with Crippen molar-refractivity contribution in [3.8, 4) is 0 Å². The zero-order chi connectivity index (χ0) is 12.5. The number of hydrogen-bond donors (Lipinski definition) is 0. The molecule has 17 heavy (non-hydrogen) atoms. The number of sulfone groups is 1. The zero-order valence-electron chi connectivity index (χ0n) is 10.1. The topological polar surface area (TPSA) is 56.3 Å². The van der Waals surface area contributed by atoms with Crippen LogP contribution in [0.25, 0.3) is 0 Å². The summed E-state index contributed by atoms with van der Waals surface area (Å²) in [6, 6.07) is 3.44. The summed E-state index contributed by atoms with van der Waals surface area (Å²) in [5.74, 6) is 0.618. The Hall–Kier alpha value is -0.940. The van der Waals surface area contributed by atoms with Crippen molar-refractivity contribution >= 4 is 9.84 Å². The average molecular weight is 255 g/mol. The lowest BCUT2D eigenvalue weighted by Gasteiger charge is -2.25. The molecule has 0 aliphatic carbocycles. The van der Waals surface area contributed by atoms with Gasteiger partial charge in [0.2, 0.25) is 0 Å². The maximum atomic E-state index is 12.0. The highest BCUT2D eigenvalue weighted by Gasteiger charge is 2.26. The van der Waals surface area contributed by atoms with Crippen LogP contribution in [0.4, 0.5) is 0 Å². The molecule has 0 bridgehead atoms. The minimum Gasteiger partial charge on any atom is -0.381 e. The fourth-order valence-electron chi connectivity index (χ4n) is 1.70. The third kappa shape index (κ3) is 2.84. The van der Waals surface area contributed by atoms with Crippen LogP contribution in [0.5, 0.6) is 0 Å². The molecule has 0 atom stereocenters. The van der Waals surface area contributed by atoms with Gasteiger partial charge in [-0.2, -0.15) is 0 Å². The highest BCUT2D eigenvalue weighted by atomic mass is 32.2. The highest BCUT2D eigenvalue weighted by molar-refractivity contribution is 7.91. The monoisotopic (exact) mass is 255 g/mol. The van der Waals surface area contributed by atoms with Gasteiger partial charge >= 0.3 is 0 Å². The minimum atomic E-state index is -3.21. The summed E-state index contributed by atoms with van der Waals surface area (Å²) in [5, 5.41) is 0. The van der Waals surface area contributed by atoms with Crippen LogP contribution in [0.2, 0.25) is 0 Å². The van der Waals surface area contributed by atoms with Crippen molar-refractivity contribution in [2.75, 3.05) is 19.0 Å². The SMILES string of the molecule is CC(C)c1ccc(S(=O)(=O)CC2COC2)cn1. The quantitative estimate of drug-likeness (QED) is 0.820. The molecule has 2 rings (SSSR count). The lowest BCUT2D eigenvalue weighted by molar-refractivity contribution is -0.0204. The number of pyridine rings is 1. The second-order valence-corrected chi connectivity index (χ2v) is 6.79. The molecule has 0 radical (unpaired) electrons. The number of nitrogens with zero attached hydrogens (tertiary/aromatic N) is 1. The van der Waals surface area contributed by atoms with Gasteiger partial charge < -0.3 is 4.74 Å². The largest absolute Gasteiger partial charge is 0.381 e. The van der Waals surface area contributed by atoms with Crippen LogP contribution in [0, 0.1) is 5.92 Å². The highest BCUT2D eigenvalue weighted by Crippen LogP contribution is 2.20. The van der Waals surface area contributed by atoms with Gasteiger partial charge in [0, 0.05) is 17.8 Å². The van der Waals surface area contributed by atoms with Crippen LogP contribution in [0.1, 0.15) is 25.5 Å². The van der Waals surface area contributed by atoms with Gasteiger partial charge in [0.25, 0.3) is 0 Å². The van der Waals surface area contributed by atoms with E-state index < -0.39 is 9.84 Å². The van der Waals surface area contributed by atoms with Crippen molar-refractivity contribution < 1.29 is 13.2 Å². The Morgan fingerprint density at radius 1 is 1.41 bits per heavy atom. The molecule has 4 nitrogen and oxygen atoms in total. The normalized spacial score (nSPS) is 17.1. The minimum absolute atomic E-state index is 0.143. The molecule has 0 spiro atoms. The summed E-state index contributed by atoms with van der Waals surface area (Å²) < 4.78 is 29.0. The molecule has 0 amide bonds. The van der Waals surface area contributed by atoms with E-state index in [1.165, 1.54) is 6.20 Å². The molecule has 0 saturated carbocycles. The molecular formula is C12H17NO3S. The summed E-state index contributed by atoms with van der Waals surface area (Å²) in [7, 11) is -3.21. The fraction of sp³-hybridized carbons (Fsp3) is 0.583. The first-order valence-corrected chi connectivity index (χ1v) is 7.41. The van der Waals surface area contributed by atoms with Crippen LogP contribution in [0.3, 0.4) is 0 Å². The molecule has 1 fully saturated rings. The molecular weight excluding hydrogens is 238 g/mol. The molecule has 0 N–H and O–H groups in total. The zero-order valence-corrected chi connectivity index (χ0v) is 10.9. The molecule has 1 saturated heterocycles. The Kier molecular flexibility index (Phi) is 3.49. The van der Waals surface area contributed by atoms with Crippen molar-refractivity contribution in [3.05, 3.63) is 24.0 Å². The average Bonchev–Trinajstić information content (AvgIpc) is 2.24. The second kappa shape index (κ2) is 4.74. The van der Waals surface area contributed by atoms with Crippen molar-refractivity contribution in [1.82, 2.24) is 4.98 Å². The van der Waals surface area contributed by atoms with Crippen LogP contribution in [-0.2, 0) is 14.6 Å². The maximum absolute atomic E-state index is 12.0. The number of aromatic nitrogens is 1. The van der Waals surface area contributed by atoms with E-state index in [1.54, 1.807) is 12.1 Å². The predicted molar refractivity (Wildman–Crippen MR) is 64.7 cm³/mol. The predicted octanol–water partition coefficient (Wildman–Crippen LogP) is 1.63. The first-order chi connectivity index (χ1) is 7.99. The molecule has 94 valence electrons. The Bertz CT molecular complexity index is 475. The van der Waals surface area contributed by atoms with E-state index in [4.69, 9.17) is 4.74 Å². The molecule has 2 heterocycles. The lowest BCUT2D eigenvalue weighted by atomic mass is 10.1. The molecule has 1 aliphatic rings. The first-order valence-electron chi connectivity index (χ1n) is 5.75. The van der Waals surface area contributed by atoms with E-state index >= 15 is 0 Å². The van der Waals surface area contributed by atoms with E-state index in [0.717, 1.165) is 5.69 Å². The summed E-state index contributed by atoms with van der Waals surface area (Å²) in [6.07, 6.45) is 1.46. The standard InChI is InChI=1S/C12H17NO3S/c1-9(2)12-4-3-11(5-13-12)17(14,15)8-10-6-16-7-10/h3-5,9-10H,6-8H2,1-2H3. The van der Waals surface area contributed by atoms with Crippen molar-refractivity contribution in [3.63, 3.8) is 0 Å². The Balaban J connectivity index is 2.15. The summed E-state index contributed by atoms with van der Waals surface area (Å²) in [5.41, 5.74) is 0.913. The maximum Gasteiger partial charge on any atom is 0.180 e. The van der Waals surface area contributed by atoms with Gasteiger partial charge in [-0.15, -0.1) is 0 Å². The summed E-state index contributed by atoms with van der Waals surface area (Å²) in [4.78, 5) is 4.50. The third-order valence-corrected chi connectivity index (χ3v) is 4.74. The molecule has 0 unspecified atom stereocenters. The first kappa shape index (κ1) is 12.5. The molecule has 1 aliphatic heterocycles. The number of rotatable bonds is 4. The Morgan fingerprint density at radius 3 is 2.53 bits per heavy atom. The van der Waals surface area contributed by atoms with Crippen LogP contribution in [-0.4, -0.2) is 32.4 Å². The molecule has 1 aromatic rings. The van der Waals surface area contributed by atoms with Crippen LogP contribution < -0.4 is 0 Å². The molecule has 5 heteroatoms. The van der Waals surface area contributed by atoms with Gasteiger partial charge in [-0.3, -0.25) is 4.98 Å². The van der Waals surface area contributed by atoms with E-state index in [9.17, 15) is 8.42 Å². The van der Waals surface area contributed by atoms with Crippen molar-refractivity contribution in [2.24, 2.45) is 5.92 Å². The van der Waals surface area contributed by atoms with Gasteiger partial charge in [0.1, 0.15) is 0 Å². The van der Waals surface area contributed by atoms with Crippen molar-refractivity contribution in [2.45, 2.75) is 24.7 Å². The molecule has 0 aromatic carbocycles. The van der Waals surface area contributed by atoms with E-state index in [1.807, 2.05) is 13.8 Å². The Labute approximate surface area is 102 Å². The van der Waals surface area contributed by atoms with Gasteiger partial charge in [-0.05, 0) is 18.1 Å². The van der Waals surface area contributed by atoms with E-state index in [-0.39, 0.29) is 11.7 Å².